The minimum atomic E-state index is -0.120. The topological polar surface area (TPSA) is 82.2 Å². The van der Waals surface area contributed by atoms with Gasteiger partial charge in [-0.05, 0) is 31.0 Å². The summed E-state index contributed by atoms with van der Waals surface area (Å²) < 4.78 is 15.1. The number of carbonyl (C=O) groups excluding carboxylic acids is 1. The maximum Gasteiger partial charge on any atom is 0.255 e. The van der Waals surface area contributed by atoms with Gasteiger partial charge in [0.15, 0.2) is 0 Å². The number of nitrogens with zero attached hydrogens (tertiary/aromatic N) is 3. The molecule has 4 aromatic heterocycles. The van der Waals surface area contributed by atoms with E-state index in [2.05, 4.69) is 29.1 Å². The van der Waals surface area contributed by atoms with E-state index in [9.17, 15) is 4.79 Å². The van der Waals surface area contributed by atoms with Crippen LogP contribution in [0.3, 0.4) is 0 Å². The van der Waals surface area contributed by atoms with Crippen molar-refractivity contribution in [3.8, 4) is 22.2 Å². The highest BCUT2D eigenvalue weighted by Gasteiger charge is 2.19. The third-order valence-electron chi connectivity index (χ3n) is 5.38. The summed E-state index contributed by atoms with van der Waals surface area (Å²) in [7, 11) is 1.97. The molecule has 5 rings (SSSR count). The third kappa shape index (κ3) is 3.98. The number of aromatic nitrogens is 3. The Morgan fingerprint density at radius 2 is 2.06 bits per heavy atom. The highest BCUT2D eigenvalue weighted by molar-refractivity contribution is 7.22. The number of hydrogen-bond acceptors (Lipinski definition) is 6. The van der Waals surface area contributed by atoms with Crippen LogP contribution in [0.15, 0.2) is 53.3 Å². The molecule has 0 aliphatic rings. The van der Waals surface area contributed by atoms with Gasteiger partial charge < -0.3 is 19.0 Å². The molecule has 1 aromatic carbocycles. The molecule has 0 unspecified atom stereocenters. The van der Waals surface area contributed by atoms with Crippen LogP contribution in [0.2, 0.25) is 0 Å². The molecule has 1 amide bonds. The van der Waals surface area contributed by atoms with Crippen LogP contribution < -0.4 is 10.1 Å². The molecule has 4 heterocycles. The summed E-state index contributed by atoms with van der Waals surface area (Å²) in [4.78, 5) is 22.6. The molecule has 0 aliphatic heterocycles. The second kappa shape index (κ2) is 8.37. The number of pyridine rings is 1. The number of imidazole rings is 1. The number of amides is 1. The Kier molecular flexibility index (Phi) is 5.38. The number of rotatable bonds is 6. The predicted octanol–water partition coefficient (Wildman–Crippen LogP) is 5.93. The van der Waals surface area contributed by atoms with Gasteiger partial charge in [0.05, 0.1) is 20.7 Å². The Morgan fingerprint density at radius 1 is 1.21 bits per heavy atom. The van der Waals surface area contributed by atoms with Gasteiger partial charge in [-0.15, -0.1) is 11.3 Å². The SMILES string of the molecule is Cc1oc2cc(Oc3ccnc4cc(-c5nccn5C)sc34)ccc2c1C(=O)NCC(C)C. The van der Waals surface area contributed by atoms with E-state index >= 15 is 0 Å². The Labute approximate surface area is 195 Å². The monoisotopic (exact) mass is 460 g/mol. The van der Waals surface area contributed by atoms with Gasteiger partial charge in [-0.1, -0.05) is 13.8 Å². The number of thiophene rings is 1. The van der Waals surface area contributed by atoms with Crippen molar-refractivity contribution in [3.05, 3.63) is 60.2 Å². The largest absolute Gasteiger partial charge is 0.460 e. The van der Waals surface area contributed by atoms with Crippen molar-refractivity contribution in [2.45, 2.75) is 20.8 Å². The highest BCUT2D eigenvalue weighted by atomic mass is 32.1. The van der Waals surface area contributed by atoms with E-state index in [1.807, 2.05) is 55.1 Å². The van der Waals surface area contributed by atoms with Crippen LogP contribution in [0.5, 0.6) is 11.5 Å². The number of nitrogens with one attached hydrogen (secondary N) is 1. The molecule has 7 nitrogen and oxygen atoms in total. The zero-order valence-electron chi connectivity index (χ0n) is 18.9. The fraction of sp³-hybridized carbons (Fsp3) is 0.240. The van der Waals surface area contributed by atoms with Crippen molar-refractivity contribution in [3.63, 3.8) is 0 Å². The lowest BCUT2D eigenvalue weighted by Gasteiger charge is -2.08. The number of hydrogen-bond donors (Lipinski definition) is 1. The molecule has 5 aromatic rings. The molecule has 0 saturated carbocycles. The smallest absolute Gasteiger partial charge is 0.255 e. The number of carbonyl (C=O) groups is 1. The van der Waals surface area contributed by atoms with Crippen LogP contribution in [-0.2, 0) is 7.05 Å². The summed E-state index contributed by atoms with van der Waals surface area (Å²) in [5, 5.41) is 3.74. The van der Waals surface area contributed by atoms with Crippen molar-refractivity contribution in [1.82, 2.24) is 19.9 Å². The van der Waals surface area contributed by atoms with E-state index in [1.54, 1.807) is 23.7 Å². The Morgan fingerprint density at radius 3 is 2.82 bits per heavy atom. The first-order chi connectivity index (χ1) is 15.9. The molecule has 0 fully saturated rings. The Hall–Kier alpha value is -3.65. The second-order valence-corrected chi connectivity index (χ2v) is 9.45. The number of ether oxygens (including phenoxy) is 1. The minimum Gasteiger partial charge on any atom is -0.460 e. The van der Waals surface area contributed by atoms with Crippen molar-refractivity contribution < 1.29 is 13.9 Å². The summed E-state index contributed by atoms with van der Waals surface area (Å²) in [6.07, 6.45) is 5.43. The minimum absolute atomic E-state index is 0.120. The van der Waals surface area contributed by atoms with E-state index < -0.39 is 0 Å². The normalized spacial score (nSPS) is 11.5. The Bertz CT molecular complexity index is 1480. The van der Waals surface area contributed by atoms with Gasteiger partial charge in [0.1, 0.15) is 28.7 Å². The first kappa shape index (κ1) is 21.2. The molecule has 0 aliphatic carbocycles. The number of benzene rings is 1. The third-order valence-corrected chi connectivity index (χ3v) is 6.52. The summed E-state index contributed by atoms with van der Waals surface area (Å²) in [6, 6.07) is 9.43. The van der Waals surface area contributed by atoms with Gasteiger partial charge in [0.2, 0.25) is 0 Å². The van der Waals surface area contributed by atoms with E-state index in [0.717, 1.165) is 26.3 Å². The lowest BCUT2D eigenvalue weighted by atomic mass is 10.1. The molecular weight excluding hydrogens is 436 g/mol. The fourth-order valence-corrected chi connectivity index (χ4v) is 4.87. The summed E-state index contributed by atoms with van der Waals surface area (Å²) >= 11 is 1.59. The van der Waals surface area contributed by atoms with Gasteiger partial charge in [-0.3, -0.25) is 9.78 Å². The van der Waals surface area contributed by atoms with Crippen LogP contribution in [-0.4, -0.2) is 27.0 Å². The van der Waals surface area contributed by atoms with E-state index in [1.165, 1.54) is 0 Å². The second-order valence-electron chi connectivity index (χ2n) is 8.39. The summed E-state index contributed by atoms with van der Waals surface area (Å²) in [6.45, 7) is 6.55. The average molecular weight is 461 g/mol. The zero-order chi connectivity index (χ0) is 23.1. The van der Waals surface area contributed by atoms with E-state index in [4.69, 9.17) is 9.15 Å². The first-order valence-electron chi connectivity index (χ1n) is 10.8. The molecule has 0 spiro atoms. The molecule has 0 atom stereocenters. The maximum atomic E-state index is 12.7. The lowest BCUT2D eigenvalue weighted by Crippen LogP contribution is -2.27. The Balaban J connectivity index is 1.46. The summed E-state index contributed by atoms with van der Waals surface area (Å²) in [5.41, 5.74) is 2.04. The molecule has 0 radical (unpaired) electrons. The van der Waals surface area contributed by atoms with Crippen molar-refractivity contribution in [1.29, 1.82) is 0 Å². The van der Waals surface area contributed by atoms with Gasteiger partial charge >= 0.3 is 0 Å². The van der Waals surface area contributed by atoms with Gasteiger partial charge in [0, 0.05) is 49.7 Å². The van der Waals surface area contributed by atoms with E-state index in [0.29, 0.717) is 40.9 Å². The first-order valence-corrected chi connectivity index (χ1v) is 11.6. The van der Waals surface area contributed by atoms with Gasteiger partial charge in [0.25, 0.3) is 5.91 Å². The molecule has 168 valence electrons. The van der Waals surface area contributed by atoms with Gasteiger partial charge in [-0.25, -0.2) is 4.98 Å². The zero-order valence-corrected chi connectivity index (χ0v) is 19.7. The van der Waals surface area contributed by atoms with Crippen molar-refractivity contribution in [2.24, 2.45) is 13.0 Å². The number of furan rings is 1. The van der Waals surface area contributed by atoms with Crippen molar-refractivity contribution >= 4 is 38.4 Å². The van der Waals surface area contributed by atoms with Crippen LogP contribution >= 0.6 is 11.3 Å². The molecule has 1 N–H and O–H groups in total. The number of fused-ring (bicyclic) bond motifs is 2. The average Bonchev–Trinajstić information content (AvgIpc) is 3.47. The van der Waals surface area contributed by atoms with Crippen LogP contribution in [0.25, 0.3) is 31.9 Å². The van der Waals surface area contributed by atoms with Crippen LogP contribution in [0, 0.1) is 12.8 Å². The molecule has 0 bridgehead atoms. The highest BCUT2D eigenvalue weighted by Crippen LogP contribution is 2.39. The number of aryl methyl sites for hydroxylation is 2. The molecule has 8 heteroatoms. The van der Waals surface area contributed by atoms with E-state index in [-0.39, 0.29) is 5.91 Å². The lowest BCUT2D eigenvalue weighted by molar-refractivity contribution is 0.0949. The van der Waals surface area contributed by atoms with Gasteiger partial charge in [-0.2, -0.15) is 0 Å². The molecule has 0 saturated heterocycles. The van der Waals surface area contributed by atoms with Crippen LogP contribution in [0.1, 0.15) is 30.0 Å². The predicted molar refractivity (Wildman–Crippen MR) is 130 cm³/mol. The van der Waals surface area contributed by atoms with Crippen molar-refractivity contribution in [2.75, 3.05) is 6.54 Å². The molecular formula is C25H24N4O3S. The van der Waals surface area contributed by atoms with Crippen LogP contribution in [0.4, 0.5) is 0 Å². The molecule has 33 heavy (non-hydrogen) atoms. The standard InChI is InChI=1S/C25H24N4O3S/c1-14(2)13-28-25(30)22-15(3)31-20-11-16(5-6-17(20)22)32-19-7-8-26-18-12-21(33-23(18)19)24-27-9-10-29(24)4/h5-12,14H,13H2,1-4H3,(H,28,30). The quantitative estimate of drug-likeness (QED) is 0.340. The summed E-state index contributed by atoms with van der Waals surface area (Å²) in [5.74, 6) is 3.07. The maximum absolute atomic E-state index is 12.7. The fourth-order valence-electron chi connectivity index (χ4n) is 3.77.